The smallest absolute Gasteiger partial charge is 0.360 e. The molecule has 2 rings (SSSR count). The minimum Gasteiger partial charge on any atom is -0.360 e. The van der Waals surface area contributed by atoms with Crippen molar-refractivity contribution in [2.24, 2.45) is 0 Å². The SMILES string of the molecule is O=S(=O)(O)Oc1c[nH][13c]2[13cH][13cH][13cH][13cH][13c]12. The topological polar surface area (TPSA) is 79.4 Å². The predicted molar refractivity (Wildman–Crippen MR) is 50.5 cm³/mol. The van der Waals surface area contributed by atoms with E-state index in [9.17, 15) is 8.42 Å². The Bertz CT molecular complexity index is 557. The van der Waals surface area contributed by atoms with E-state index >= 15 is 0 Å². The van der Waals surface area contributed by atoms with Crippen LogP contribution in [-0.2, 0) is 10.4 Å². The van der Waals surface area contributed by atoms with Crippen molar-refractivity contribution in [3.8, 4) is 5.75 Å². The summed E-state index contributed by atoms with van der Waals surface area (Å²) in [5.74, 6) is 0.0862. The first kappa shape index (κ1) is 9.04. The van der Waals surface area contributed by atoms with Crippen LogP contribution in [0.4, 0.5) is 0 Å². The maximum atomic E-state index is 10.5. The first-order chi connectivity index (χ1) is 6.56. The molecule has 0 bridgehead atoms. The Balaban J connectivity index is 2.54. The van der Waals surface area contributed by atoms with Crippen LogP contribution in [-0.4, -0.2) is 18.0 Å². The number of rotatable bonds is 2. The first-order valence-electron chi connectivity index (χ1n) is 3.79. The average molecular weight is 219 g/mol. The highest BCUT2D eigenvalue weighted by molar-refractivity contribution is 7.81. The summed E-state index contributed by atoms with van der Waals surface area (Å²) < 4.78 is 33.8. The molecule has 0 fully saturated rings. The molecule has 0 unspecified atom stereocenters. The van der Waals surface area contributed by atoms with Gasteiger partial charge in [0.2, 0.25) is 0 Å². The van der Waals surface area contributed by atoms with Crippen LogP contribution in [0.25, 0.3) is 10.9 Å². The van der Waals surface area contributed by atoms with Gasteiger partial charge in [0.15, 0.2) is 5.75 Å². The largest absolute Gasteiger partial charge is 0.446 e. The number of H-pyrrole nitrogens is 1. The molecule has 5 nitrogen and oxygen atoms in total. The normalized spacial score (nSPS) is 11.8. The van der Waals surface area contributed by atoms with Crippen molar-refractivity contribution in [3.05, 3.63) is 30.5 Å². The second-order valence-electron chi connectivity index (χ2n) is 2.71. The Morgan fingerprint density at radius 2 is 2.00 bits per heavy atom. The van der Waals surface area contributed by atoms with Gasteiger partial charge in [-0.1, -0.05) is 12.1 Å². The van der Waals surface area contributed by atoms with Gasteiger partial charge >= 0.3 is 10.4 Å². The molecule has 1 heterocycles. The number of para-hydroxylation sites is 1. The Labute approximate surface area is 80.3 Å². The maximum absolute atomic E-state index is 10.5. The summed E-state index contributed by atoms with van der Waals surface area (Å²) in [6.07, 6.45) is 1.37. The van der Waals surface area contributed by atoms with E-state index in [4.69, 9.17) is 4.55 Å². The lowest BCUT2D eigenvalue weighted by Gasteiger charge is -1.97. The molecular formula is C8H7NO4S. The van der Waals surface area contributed by atoms with Crippen LogP contribution in [0.5, 0.6) is 5.75 Å². The molecule has 0 atom stereocenters. The van der Waals surface area contributed by atoms with Gasteiger partial charge < -0.3 is 9.17 Å². The minimum absolute atomic E-state index is 0.0862. The number of fused-ring (bicyclic) bond motifs is 1. The first-order valence-corrected chi connectivity index (χ1v) is 5.16. The summed E-state index contributed by atoms with van der Waals surface area (Å²) in [6, 6.07) is 7.00. The van der Waals surface area contributed by atoms with E-state index in [1.807, 2.05) is 0 Å². The molecule has 1 aromatic carbocycles. The Kier molecular flexibility index (Phi) is 1.94. The second-order valence-corrected chi connectivity index (χ2v) is 3.73. The van der Waals surface area contributed by atoms with E-state index in [0.717, 1.165) is 5.52 Å². The predicted octanol–water partition coefficient (Wildman–Crippen LogP) is 1.35. The molecule has 74 valence electrons. The van der Waals surface area contributed by atoms with Crippen molar-refractivity contribution in [1.29, 1.82) is 0 Å². The zero-order chi connectivity index (χ0) is 10.2. The van der Waals surface area contributed by atoms with Crippen molar-refractivity contribution in [3.63, 3.8) is 0 Å². The highest BCUT2D eigenvalue weighted by Gasteiger charge is 2.11. The van der Waals surface area contributed by atoms with Gasteiger partial charge in [0, 0.05) is 17.1 Å². The van der Waals surface area contributed by atoms with E-state index in [2.05, 4.69) is 9.17 Å². The number of aromatic nitrogens is 1. The van der Waals surface area contributed by atoms with Crippen LogP contribution >= 0.6 is 0 Å². The number of nitrogens with one attached hydrogen (secondary N) is 1. The zero-order valence-corrected chi connectivity index (χ0v) is 7.78. The van der Waals surface area contributed by atoms with Crippen molar-refractivity contribution in [2.45, 2.75) is 0 Å². The fourth-order valence-electron chi connectivity index (χ4n) is 1.23. The molecule has 0 radical (unpaired) electrons. The van der Waals surface area contributed by atoms with Gasteiger partial charge in [0.05, 0.1) is 0 Å². The van der Waals surface area contributed by atoms with E-state index in [-0.39, 0.29) is 5.75 Å². The number of hydrogen-bond donors (Lipinski definition) is 2. The van der Waals surface area contributed by atoms with E-state index in [1.165, 1.54) is 6.20 Å². The lowest BCUT2D eigenvalue weighted by molar-refractivity contribution is 0.388. The summed E-state index contributed by atoms with van der Waals surface area (Å²) in [4.78, 5) is 2.81. The van der Waals surface area contributed by atoms with Gasteiger partial charge in [-0.2, -0.15) is 8.42 Å². The van der Waals surface area contributed by atoms with Crippen molar-refractivity contribution in [1.82, 2.24) is 4.98 Å². The van der Waals surface area contributed by atoms with Gasteiger partial charge in [-0.05, 0) is 12.1 Å². The van der Waals surface area contributed by atoms with Gasteiger partial charge in [0.25, 0.3) is 0 Å². The quantitative estimate of drug-likeness (QED) is 0.747. The molecule has 0 amide bonds. The minimum atomic E-state index is -4.46. The molecule has 0 aliphatic rings. The van der Waals surface area contributed by atoms with Crippen molar-refractivity contribution >= 4 is 21.3 Å². The molecular weight excluding hydrogens is 212 g/mol. The second kappa shape index (κ2) is 3.00. The Hall–Kier alpha value is -1.53. The van der Waals surface area contributed by atoms with E-state index in [0.29, 0.717) is 5.39 Å². The fraction of sp³-hybridized carbons (Fsp3) is 0. The third-order valence-electron chi connectivity index (χ3n) is 1.75. The maximum Gasteiger partial charge on any atom is 0.446 e. The van der Waals surface area contributed by atoms with E-state index in [1.54, 1.807) is 24.3 Å². The van der Waals surface area contributed by atoms with Crippen LogP contribution in [0.2, 0.25) is 0 Å². The lowest BCUT2D eigenvalue weighted by atomic mass is 10.8. The van der Waals surface area contributed by atoms with Crippen molar-refractivity contribution in [2.75, 3.05) is 0 Å². The molecule has 6 heteroatoms. The molecule has 2 N–H and O–H groups in total. The van der Waals surface area contributed by atoms with Gasteiger partial charge in [-0.25, -0.2) is 0 Å². The van der Waals surface area contributed by atoms with Gasteiger partial charge in [-0.15, -0.1) is 0 Å². The van der Waals surface area contributed by atoms with E-state index < -0.39 is 10.4 Å². The summed E-state index contributed by atoms with van der Waals surface area (Å²) >= 11 is 0. The molecule has 0 spiro atoms. The third-order valence-corrected chi connectivity index (χ3v) is 2.14. The lowest BCUT2D eigenvalue weighted by Crippen LogP contribution is -2.05. The zero-order valence-electron chi connectivity index (χ0n) is 6.97. The molecule has 0 saturated heterocycles. The molecule has 1 aromatic heterocycles. The highest BCUT2D eigenvalue weighted by atomic mass is 32.3. The summed E-state index contributed by atoms with van der Waals surface area (Å²) in [6.45, 7) is 0. The highest BCUT2D eigenvalue weighted by Crippen LogP contribution is 2.25. The monoisotopic (exact) mass is 219 g/mol. The van der Waals surface area contributed by atoms with Crippen LogP contribution < -0.4 is 4.18 Å². The van der Waals surface area contributed by atoms with Gasteiger partial charge in [0.1, 0.15) is 0 Å². The summed E-state index contributed by atoms with van der Waals surface area (Å²) in [5, 5.41) is 0.602. The van der Waals surface area contributed by atoms with Crippen LogP contribution in [0.15, 0.2) is 30.5 Å². The number of aromatic amines is 1. The van der Waals surface area contributed by atoms with Gasteiger partial charge in [-0.3, -0.25) is 4.55 Å². The molecule has 14 heavy (non-hydrogen) atoms. The summed E-state index contributed by atoms with van der Waals surface area (Å²) in [7, 11) is -4.46. The van der Waals surface area contributed by atoms with Crippen LogP contribution in [0.3, 0.4) is 0 Å². The number of benzene rings is 1. The Morgan fingerprint density at radius 1 is 1.29 bits per heavy atom. The molecule has 2 aromatic rings. The average Bonchev–Trinajstić information content (AvgIpc) is 2.47. The molecule has 0 saturated carbocycles. The third kappa shape index (κ3) is 1.70. The summed E-state index contributed by atoms with van der Waals surface area (Å²) in [5.41, 5.74) is 0.742. The standard InChI is InChI=1S/C8H7NO4S/c10-14(11,12)13-8-5-9-7-4-2-1-3-6(7)8/h1-5,9H,(H,10,11,12)/i1+1,2+1,3+1,4+1,6+1,7+1. The number of hydrogen-bond acceptors (Lipinski definition) is 3. The van der Waals surface area contributed by atoms with Crippen LogP contribution in [0.1, 0.15) is 0 Å². The molecule has 0 aliphatic carbocycles. The Morgan fingerprint density at radius 3 is 2.71 bits per heavy atom. The fourth-order valence-corrected chi connectivity index (χ4v) is 1.59. The van der Waals surface area contributed by atoms with Crippen LogP contribution in [0, 0.1) is 0 Å². The van der Waals surface area contributed by atoms with Crippen molar-refractivity contribution < 1.29 is 17.2 Å². The molecule has 0 aliphatic heterocycles.